The van der Waals surface area contributed by atoms with Crippen LogP contribution in [0.2, 0.25) is 5.15 Å². The minimum atomic E-state index is 0.261. The molecule has 1 aromatic heterocycles. The Morgan fingerprint density at radius 3 is 2.74 bits per heavy atom. The molecule has 0 bridgehead atoms. The summed E-state index contributed by atoms with van der Waals surface area (Å²) in [5.74, 6) is 1.47. The number of anilines is 1. The molecule has 1 aliphatic heterocycles. The molecular weight excluding hydrogens is 262 g/mol. The predicted molar refractivity (Wildman–Crippen MR) is 74.8 cm³/mol. The van der Waals surface area contributed by atoms with E-state index in [4.69, 9.17) is 11.6 Å². The van der Waals surface area contributed by atoms with Crippen molar-refractivity contribution in [2.24, 2.45) is 5.92 Å². The van der Waals surface area contributed by atoms with Crippen LogP contribution in [-0.4, -0.2) is 28.8 Å². The van der Waals surface area contributed by atoms with Crippen molar-refractivity contribution in [2.45, 2.75) is 44.6 Å². The van der Waals surface area contributed by atoms with Gasteiger partial charge in [-0.05, 0) is 31.6 Å². The zero-order valence-electron chi connectivity index (χ0n) is 10.9. The number of halogens is 1. The van der Waals surface area contributed by atoms with E-state index in [2.05, 4.69) is 14.9 Å². The molecule has 4 nitrogen and oxygen atoms in total. The molecule has 1 atom stereocenters. The number of rotatable bonds is 3. The molecule has 0 N–H and O–H groups in total. The number of hydrogen-bond donors (Lipinski definition) is 0. The molecule has 2 aliphatic rings. The van der Waals surface area contributed by atoms with E-state index < -0.39 is 0 Å². The topological polar surface area (TPSA) is 46.1 Å². The third-order valence-electron chi connectivity index (χ3n) is 4.45. The highest BCUT2D eigenvalue weighted by molar-refractivity contribution is 6.32. The lowest BCUT2D eigenvalue weighted by Crippen LogP contribution is -2.36. The first-order valence-corrected chi connectivity index (χ1v) is 7.41. The van der Waals surface area contributed by atoms with E-state index >= 15 is 0 Å². The standard InChI is InChI=1S/C14H18ClN3O/c15-13-11(8-19)14(17-9-16-13)18-7-3-6-12(18)10-4-1-2-5-10/h8-10,12H,1-7H2. The fourth-order valence-corrected chi connectivity index (χ4v) is 3.76. The molecule has 1 unspecified atom stereocenters. The molecule has 1 saturated heterocycles. The number of carbonyl (C=O) groups excluding carboxylic acids is 1. The second-order valence-electron chi connectivity index (χ2n) is 5.47. The summed E-state index contributed by atoms with van der Waals surface area (Å²) in [4.78, 5) is 21.7. The van der Waals surface area contributed by atoms with Crippen LogP contribution in [0, 0.1) is 5.92 Å². The molecule has 0 amide bonds. The maximum absolute atomic E-state index is 11.2. The summed E-state index contributed by atoms with van der Waals surface area (Å²) in [6.07, 6.45) is 9.87. The van der Waals surface area contributed by atoms with Gasteiger partial charge in [0, 0.05) is 12.6 Å². The molecule has 0 spiro atoms. The first kappa shape index (κ1) is 12.9. The van der Waals surface area contributed by atoms with E-state index in [0.717, 1.165) is 24.6 Å². The van der Waals surface area contributed by atoms with Crippen molar-refractivity contribution < 1.29 is 4.79 Å². The molecule has 3 rings (SSSR count). The van der Waals surface area contributed by atoms with Crippen molar-refractivity contribution in [3.63, 3.8) is 0 Å². The molecule has 1 aliphatic carbocycles. The zero-order chi connectivity index (χ0) is 13.2. The van der Waals surface area contributed by atoms with Gasteiger partial charge in [0.1, 0.15) is 17.3 Å². The predicted octanol–water partition coefficient (Wildman–Crippen LogP) is 3.10. The zero-order valence-corrected chi connectivity index (χ0v) is 11.6. The fourth-order valence-electron chi connectivity index (χ4n) is 3.58. The Bertz CT molecular complexity index is 474. The molecule has 0 radical (unpaired) electrons. The third-order valence-corrected chi connectivity index (χ3v) is 4.75. The van der Waals surface area contributed by atoms with E-state index in [1.165, 1.54) is 44.9 Å². The molecular formula is C14H18ClN3O. The molecule has 0 aromatic carbocycles. The number of carbonyl (C=O) groups is 1. The van der Waals surface area contributed by atoms with E-state index in [1.54, 1.807) is 0 Å². The van der Waals surface area contributed by atoms with E-state index in [-0.39, 0.29) is 5.15 Å². The maximum atomic E-state index is 11.2. The summed E-state index contributed by atoms with van der Waals surface area (Å²) in [5.41, 5.74) is 0.439. The monoisotopic (exact) mass is 279 g/mol. The van der Waals surface area contributed by atoms with Gasteiger partial charge in [0.05, 0.1) is 5.56 Å². The lowest BCUT2D eigenvalue weighted by molar-refractivity contribution is 0.112. The van der Waals surface area contributed by atoms with Crippen LogP contribution in [0.5, 0.6) is 0 Å². The quantitative estimate of drug-likeness (QED) is 0.630. The van der Waals surface area contributed by atoms with Crippen LogP contribution in [0.15, 0.2) is 6.33 Å². The van der Waals surface area contributed by atoms with Crippen LogP contribution in [0.25, 0.3) is 0 Å². The van der Waals surface area contributed by atoms with Crippen molar-refractivity contribution >= 4 is 23.7 Å². The second kappa shape index (κ2) is 5.45. The van der Waals surface area contributed by atoms with E-state index in [9.17, 15) is 4.79 Å². The van der Waals surface area contributed by atoms with Gasteiger partial charge in [-0.25, -0.2) is 9.97 Å². The highest BCUT2D eigenvalue weighted by Gasteiger charge is 2.35. The van der Waals surface area contributed by atoms with Crippen molar-refractivity contribution in [1.82, 2.24) is 9.97 Å². The first-order chi connectivity index (χ1) is 9.31. The number of aldehydes is 1. The minimum absolute atomic E-state index is 0.261. The van der Waals surface area contributed by atoms with Crippen LogP contribution in [0.1, 0.15) is 48.9 Å². The van der Waals surface area contributed by atoms with Crippen LogP contribution in [0.3, 0.4) is 0 Å². The Hall–Kier alpha value is -1.16. The molecule has 2 fully saturated rings. The summed E-state index contributed by atoms with van der Waals surface area (Å²) in [6.45, 7) is 0.968. The van der Waals surface area contributed by atoms with Gasteiger partial charge in [0.15, 0.2) is 6.29 Å². The molecule has 5 heteroatoms. The summed E-state index contributed by atoms with van der Waals surface area (Å²) in [5, 5.41) is 0.261. The van der Waals surface area contributed by atoms with E-state index in [1.807, 2.05) is 0 Å². The fraction of sp³-hybridized carbons (Fsp3) is 0.643. The summed E-state index contributed by atoms with van der Waals surface area (Å²) < 4.78 is 0. The molecule has 102 valence electrons. The maximum Gasteiger partial charge on any atom is 0.156 e. The Balaban J connectivity index is 1.92. The van der Waals surface area contributed by atoms with Gasteiger partial charge in [0.25, 0.3) is 0 Å². The molecule has 2 heterocycles. The number of nitrogens with zero attached hydrogens (tertiary/aromatic N) is 3. The summed E-state index contributed by atoms with van der Waals surface area (Å²) >= 11 is 6.01. The van der Waals surface area contributed by atoms with Gasteiger partial charge in [-0.2, -0.15) is 0 Å². The van der Waals surface area contributed by atoms with Crippen molar-refractivity contribution in [3.05, 3.63) is 17.0 Å². The van der Waals surface area contributed by atoms with Gasteiger partial charge in [-0.1, -0.05) is 24.4 Å². The van der Waals surface area contributed by atoms with Gasteiger partial charge < -0.3 is 4.90 Å². The Morgan fingerprint density at radius 2 is 2.00 bits per heavy atom. The highest BCUT2D eigenvalue weighted by Crippen LogP contribution is 2.38. The first-order valence-electron chi connectivity index (χ1n) is 7.03. The summed E-state index contributed by atoms with van der Waals surface area (Å²) in [7, 11) is 0. The summed E-state index contributed by atoms with van der Waals surface area (Å²) in [6, 6.07) is 0.521. The minimum Gasteiger partial charge on any atom is -0.353 e. The van der Waals surface area contributed by atoms with Gasteiger partial charge in [-0.3, -0.25) is 4.79 Å². The third kappa shape index (κ3) is 2.34. The molecule has 1 saturated carbocycles. The Morgan fingerprint density at radius 1 is 1.21 bits per heavy atom. The average molecular weight is 280 g/mol. The number of hydrogen-bond acceptors (Lipinski definition) is 4. The average Bonchev–Trinajstić information content (AvgIpc) is 3.09. The highest BCUT2D eigenvalue weighted by atomic mass is 35.5. The van der Waals surface area contributed by atoms with E-state index in [0.29, 0.717) is 11.6 Å². The van der Waals surface area contributed by atoms with Crippen LogP contribution in [0.4, 0.5) is 5.82 Å². The lowest BCUT2D eigenvalue weighted by Gasteiger charge is -2.31. The van der Waals surface area contributed by atoms with Crippen LogP contribution in [-0.2, 0) is 0 Å². The normalized spacial score (nSPS) is 24.1. The van der Waals surface area contributed by atoms with Crippen molar-refractivity contribution in [1.29, 1.82) is 0 Å². The smallest absolute Gasteiger partial charge is 0.156 e. The number of aromatic nitrogens is 2. The van der Waals surface area contributed by atoms with Crippen LogP contribution >= 0.6 is 11.6 Å². The Kier molecular flexibility index (Phi) is 3.69. The second-order valence-corrected chi connectivity index (χ2v) is 5.83. The Labute approximate surface area is 118 Å². The van der Waals surface area contributed by atoms with Crippen LogP contribution < -0.4 is 4.90 Å². The molecule has 1 aromatic rings. The van der Waals surface area contributed by atoms with Gasteiger partial charge >= 0.3 is 0 Å². The lowest BCUT2D eigenvalue weighted by atomic mass is 9.96. The SMILES string of the molecule is O=Cc1c(Cl)ncnc1N1CCCC1C1CCCC1. The van der Waals surface area contributed by atoms with Gasteiger partial charge in [-0.15, -0.1) is 0 Å². The molecule has 19 heavy (non-hydrogen) atoms. The largest absolute Gasteiger partial charge is 0.353 e. The van der Waals surface area contributed by atoms with Crippen molar-refractivity contribution in [3.8, 4) is 0 Å². The van der Waals surface area contributed by atoms with Gasteiger partial charge in [0.2, 0.25) is 0 Å². The van der Waals surface area contributed by atoms with Crippen molar-refractivity contribution in [2.75, 3.05) is 11.4 Å².